The van der Waals surface area contributed by atoms with Crippen LogP contribution in [-0.2, 0) is 9.59 Å². The number of carbonyl (C=O) groups excluding carboxylic acids is 2. The van der Waals surface area contributed by atoms with Crippen LogP contribution in [0.15, 0.2) is 12.7 Å². The van der Waals surface area contributed by atoms with Crippen molar-refractivity contribution in [2.24, 2.45) is 11.7 Å². The van der Waals surface area contributed by atoms with Crippen molar-refractivity contribution in [3.63, 3.8) is 0 Å². The second-order valence-corrected chi connectivity index (χ2v) is 3.12. The van der Waals surface area contributed by atoms with Crippen LogP contribution >= 0.6 is 0 Å². The van der Waals surface area contributed by atoms with E-state index in [4.69, 9.17) is 5.73 Å². The summed E-state index contributed by atoms with van der Waals surface area (Å²) in [6.45, 7) is 5.96. The van der Waals surface area contributed by atoms with Gasteiger partial charge < -0.3 is 11.1 Å². The molecule has 0 aromatic carbocycles. The fourth-order valence-electron chi connectivity index (χ4n) is 1.16. The minimum atomic E-state index is -0.418. The predicted octanol–water partition coefficient (Wildman–Crippen LogP) is 0.580. The van der Waals surface area contributed by atoms with Crippen molar-refractivity contribution in [3.8, 4) is 0 Å². The van der Waals surface area contributed by atoms with Crippen molar-refractivity contribution in [2.75, 3.05) is 6.54 Å². The van der Waals surface area contributed by atoms with Gasteiger partial charge in [0, 0.05) is 18.9 Å². The molecule has 0 unspecified atom stereocenters. The Morgan fingerprint density at radius 1 is 1.57 bits per heavy atom. The molecule has 0 bridgehead atoms. The summed E-state index contributed by atoms with van der Waals surface area (Å²) in [5.74, 6) is -0.919. The van der Waals surface area contributed by atoms with Crippen LogP contribution in [-0.4, -0.2) is 18.4 Å². The molecule has 0 rings (SSSR count). The van der Waals surface area contributed by atoms with Crippen LogP contribution in [0.2, 0.25) is 0 Å². The zero-order valence-electron chi connectivity index (χ0n) is 8.58. The maximum absolute atomic E-state index is 11.2. The number of nitrogens with two attached hydrogens (primary N) is 1. The van der Waals surface area contributed by atoms with Gasteiger partial charge in [-0.3, -0.25) is 9.59 Å². The van der Waals surface area contributed by atoms with E-state index in [0.717, 1.165) is 0 Å². The predicted molar refractivity (Wildman–Crippen MR) is 55.4 cm³/mol. The molecular formula is C10H18N2O2. The van der Waals surface area contributed by atoms with Gasteiger partial charge in [-0.25, -0.2) is 0 Å². The van der Waals surface area contributed by atoms with E-state index in [9.17, 15) is 9.59 Å². The summed E-state index contributed by atoms with van der Waals surface area (Å²) in [5, 5.41) is 2.63. The Labute approximate surface area is 84.5 Å². The third-order valence-corrected chi connectivity index (χ3v) is 1.93. The van der Waals surface area contributed by atoms with E-state index in [1.54, 1.807) is 6.08 Å². The first-order valence-electron chi connectivity index (χ1n) is 4.78. The Hall–Kier alpha value is -1.32. The smallest absolute Gasteiger partial charge is 0.221 e. The second kappa shape index (κ2) is 7.12. The molecular weight excluding hydrogens is 180 g/mol. The van der Waals surface area contributed by atoms with E-state index in [-0.39, 0.29) is 18.2 Å². The molecule has 0 heterocycles. The van der Waals surface area contributed by atoms with Crippen LogP contribution in [0, 0.1) is 5.92 Å². The summed E-state index contributed by atoms with van der Waals surface area (Å²) in [6.07, 6.45) is 3.19. The maximum Gasteiger partial charge on any atom is 0.221 e. The lowest BCUT2D eigenvalue weighted by Gasteiger charge is -2.11. The van der Waals surface area contributed by atoms with Gasteiger partial charge >= 0.3 is 0 Å². The highest BCUT2D eigenvalue weighted by molar-refractivity contribution is 5.84. The fourth-order valence-corrected chi connectivity index (χ4v) is 1.16. The Morgan fingerprint density at radius 2 is 2.21 bits per heavy atom. The van der Waals surface area contributed by atoms with E-state index in [1.165, 1.54) is 0 Å². The number of rotatable bonds is 7. The van der Waals surface area contributed by atoms with Crippen LogP contribution in [0.25, 0.3) is 0 Å². The Morgan fingerprint density at radius 3 is 2.64 bits per heavy atom. The van der Waals surface area contributed by atoms with Gasteiger partial charge in [0.1, 0.15) is 0 Å². The van der Waals surface area contributed by atoms with Gasteiger partial charge in [0.25, 0.3) is 0 Å². The summed E-state index contributed by atoms with van der Waals surface area (Å²) in [6, 6.07) is 0. The van der Waals surface area contributed by atoms with Crippen LogP contribution in [0.3, 0.4) is 0 Å². The van der Waals surface area contributed by atoms with E-state index in [2.05, 4.69) is 11.9 Å². The fraction of sp³-hybridized carbons (Fsp3) is 0.600. The van der Waals surface area contributed by atoms with E-state index < -0.39 is 5.91 Å². The van der Waals surface area contributed by atoms with Crippen molar-refractivity contribution in [2.45, 2.75) is 26.2 Å². The van der Waals surface area contributed by atoms with Gasteiger partial charge in [-0.05, 0) is 19.8 Å². The number of amides is 2. The molecule has 0 aliphatic heterocycles. The molecule has 2 amide bonds. The zero-order valence-corrected chi connectivity index (χ0v) is 8.58. The Kier molecular flexibility index (Phi) is 6.45. The average molecular weight is 198 g/mol. The number of allylic oxidation sites excluding steroid dienone is 1. The SMILES string of the molecule is C=CCC[C@@H](CC(=O)NCC)C(N)=O. The maximum atomic E-state index is 11.2. The van der Waals surface area contributed by atoms with Gasteiger partial charge in [0.15, 0.2) is 0 Å². The van der Waals surface area contributed by atoms with Crippen molar-refractivity contribution < 1.29 is 9.59 Å². The molecule has 4 heteroatoms. The second-order valence-electron chi connectivity index (χ2n) is 3.12. The first-order chi connectivity index (χ1) is 6.61. The van der Waals surface area contributed by atoms with E-state index in [1.807, 2.05) is 6.92 Å². The van der Waals surface area contributed by atoms with Crippen molar-refractivity contribution in [3.05, 3.63) is 12.7 Å². The molecule has 0 aromatic heterocycles. The Bertz CT molecular complexity index is 214. The molecule has 0 saturated carbocycles. The lowest BCUT2D eigenvalue weighted by Crippen LogP contribution is -2.31. The molecule has 0 aliphatic carbocycles. The lowest BCUT2D eigenvalue weighted by atomic mass is 9.98. The van der Waals surface area contributed by atoms with Crippen LogP contribution in [0.4, 0.5) is 0 Å². The third-order valence-electron chi connectivity index (χ3n) is 1.93. The summed E-state index contributed by atoms with van der Waals surface area (Å²) in [7, 11) is 0. The molecule has 0 saturated heterocycles. The van der Waals surface area contributed by atoms with Crippen molar-refractivity contribution in [1.82, 2.24) is 5.32 Å². The molecule has 0 fully saturated rings. The Balaban J connectivity index is 4.01. The number of hydrogen-bond donors (Lipinski definition) is 2. The summed E-state index contributed by atoms with van der Waals surface area (Å²) >= 11 is 0. The first kappa shape index (κ1) is 12.7. The van der Waals surface area contributed by atoms with E-state index >= 15 is 0 Å². The zero-order chi connectivity index (χ0) is 11.0. The normalized spacial score (nSPS) is 11.8. The highest BCUT2D eigenvalue weighted by Gasteiger charge is 2.17. The number of carbonyl (C=O) groups is 2. The highest BCUT2D eigenvalue weighted by Crippen LogP contribution is 2.10. The molecule has 0 aliphatic rings. The van der Waals surface area contributed by atoms with Crippen LogP contribution in [0.5, 0.6) is 0 Å². The van der Waals surface area contributed by atoms with Crippen LogP contribution < -0.4 is 11.1 Å². The molecule has 1 atom stereocenters. The van der Waals surface area contributed by atoms with Crippen LogP contribution in [0.1, 0.15) is 26.2 Å². The molecule has 14 heavy (non-hydrogen) atoms. The molecule has 3 N–H and O–H groups in total. The minimum absolute atomic E-state index is 0.125. The first-order valence-corrected chi connectivity index (χ1v) is 4.78. The molecule has 4 nitrogen and oxygen atoms in total. The molecule has 0 radical (unpaired) electrons. The molecule has 0 aromatic rings. The third kappa shape index (κ3) is 5.35. The minimum Gasteiger partial charge on any atom is -0.369 e. The molecule has 0 spiro atoms. The summed E-state index contributed by atoms with van der Waals surface area (Å²) < 4.78 is 0. The van der Waals surface area contributed by atoms with Gasteiger partial charge in [0.2, 0.25) is 11.8 Å². The van der Waals surface area contributed by atoms with Gasteiger partial charge in [-0.1, -0.05) is 6.08 Å². The number of nitrogens with one attached hydrogen (secondary N) is 1. The van der Waals surface area contributed by atoms with Gasteiger partial charge in [-0.2, -0.15) is 0 Å². The van der Waals surface area contributed by atoms with Gasteiger partial charge in [-0.15, -0.1) is 6.58 Å². The number of hydrogen-bond acceptors (Lipinski definition) is 2. The highest BCUT2D eigenvalue weighted by atomic mass is 16.2. The average Bonchev–Trinajstić information content (AvgIpc) is 2.12. The number of primary amides is 1. The largest absolute Gasteiger partial charge is 0.369 e. The topological polar surface area (TPSA) is 72.2 Å². The van der Waals surface area contributed by atoms with Crippen molar-refractivity contribution in [1.29, 1.82) is 0 Å². The monoisotopic (exact) mass is 198 g/mol. The summed E-state index contributed by atoms with van der Waals surface area (Å²) in [5.41, 5.74) is 5.17. The lowest BCUT2D eigenvalue weighted by molar-refractivity contribution is -0.128. The summed E-state index contributed by atoms with van der Waals surface area (Å²) in [4.78, 5) is 22.1. The quantitative estimate of drug-likeness (QED) is 0.587. The van der Waals surface area contributed by atoms with Gasteiger partial charge in [0.05, 0.1) is 0 Å². The molecule has 80 valence electrons. The standard InChI is InChI=1S/C10H18N2O2/c1-3-5-6-8(10(11)14)7-9(13)12-4-2/h3,8H,1,4-7H2,2H3,(H2,11,14)(H,12,13)/t8-/m0/s1. The van der Waals surface area contributed by atoms with E-state index in [0.29, 0.717) is 19.4 Å². The van der Waals surface area contributed by atoms with Crippen molar-refractivity contribution >= 4 is 11.8 Å².